The standard InChI is InChI=1S/C12H6N2OS/c13-7-10-6-11(16-12(10)14-8-15)9-4-2-1-3-5-9/h1-6H. The SMILES string of the molecule is N#Cc1cc(-c2ccccc2)sc1N=C=O. The van der Waals surface area contributed by atoms with Crippen LogP contribution in [0.2, 0.25) is 0 Å². The van der Waals surface area contributed by atoms with Gasteiger partial charge in [-0.25, -0.2) is 4.79 Å². The van der Waals surface area contributed by atoms with Crippen LogP contribution in [0.15, 0.2) is 41.4 Å². The summed E-state index contributed by atoms with van der Waals surface area (Å²) in [6.07, 6.45) is 1.46. The number of rotatable bonds is 2. The molecule has 2 aromatic rings. The van der Waals surface area contributed by atoms with Gasteiger partial charge in [0.05, 0.1) is 5.56 Å². The molecule has 2 rings (SSSR count). The second kappa shape index (κ2) is 4.54. The molecule has 4 heteroatoms. The van der Waals surface area contributed by atoms with Crippen LogP contribution in [0, 0.1) is 11.3 Å². The molecule has 16 heavy (non-hydrogen) atoms. The van der Waals surface area contributed by atoms with Gasteiger partial charge in [0.1, 0.15) is 11.1 Å². The Balaban J connectivity index is 2.53. The molecule has 0 unspecified atom stereocenters. The number of carbonyl (C=O) groups excluding carboxylic acids is 1. The molecule has 0 amide bonds. The fourth-order valence-corrected chi connectivity index (χ4v) is 2.27. The molecule has 0 radical (unpaired) electrons. The van der Waals surface area contributed by atoms with Crippen molar-refractivity contribution in [2.45, 2.75) is 0 Å². The van der Waals surface area contributed by atoms with Crippen molar-refractivity contribution >= 4 is 22.4 Å². The van der Waals surface area contributed by atoms with Crippen molar-refractivity contribution in [2.75, 3.05) is 0 Å². The van der Waals surface area contributed by atoms with Crippen LogP contribution in [0.5, 0.6) is 0 Å². The number of thiophene rings is 1. The van der Waals surface area contributed by atoms with Crippen LogP contribution in [0.1, 0.15) is 5.56 Å². The molecule has 1 heterocycles. The lowest BCUT2D eigenvalue weighted by molar-refractivity contribution is 0.565. The Morgan fingerprint density at radius 2 is 2.00 bits per heavy atom. The third kappa shape index (κ3) is 1.91. The van der Waals surface area contributed by atoms with E-state index in [0.29, 0.717) is 10.6 Å². The maximum Gasteiger partial charge on any atom is 0.241 e. The number of benzene rings is 1. The second-order valence-electron chi connectivity index (χ2n) is 3.01. The quantitative estimate of drug-likeness (QED) is 0.583. The summed E-state index contributed by atoms with van der Waals surface area (Å²) in [5.41, 5.74) is 1.42. The first-order chi connectivity index (χ1) is 7.85. The van der Waals surface area contributed by atoms with Crippen molar-refractivity contribution in [3.05, 3.63) is 42.0 Å². The number of hydrogen-bond donors (Lipinski definition) is 0. The number of hydrogen-bond acceptors (Lipinski definition) is 4. The second-order valence-corrected chi connectivity index (χ2v) is 4.04. The Labute approximate surface area is 96.3 Å². The Bertz CT molecular complexity index is 589. The van der Waals surface area contributed by atoms with Crippen molar-refractivity contribution < 1.29 is 4.79 Å². The van der Waals surface area contributed by atoms with Gasteiger partial charge in [-0.3, -0.25) is 0 Å². The van der Waals surface area contributed by atoms with Crippen molar-refractivity contribution in [3.63, 3.8) is 0 Å². The summed E-state index contributed by atoms with van der Waals surface area (Å²) >= 11 is 1.31. The lowest BCUT2D eigenvalue weighted by atomic mass is 10.2. The molecule has 0 aliphatic carbocycles. The van der Waals surface area contributed by atoms with Gasteiger partial charge in [-0.15, -0.1) is 11.3 Å². The number of aliphatic imine (C=N–C) groups is 1. The predicted molar refractivity (Wildman–Crippen MR) is 62.3 cm³/mol. The topological polar surface area (TPSA) is 53.2 Å². The first-order valence-corrected chi connectivity index (χ1v) is 5.34. The minimum Gasteiger partial charge on any atom is -0.211 e. The highest BCUT2D eigenvalue weighted by molar-refractivity contribution is 7.19. The fraction of sp³-hybridized carbons (Fsp3) is 0. The normalized spacial score (nSPS) is 9.19. The molecule has 0 N–H and O–H groups in total. The number of nitriles is 1. The summed E-state index contributed by atoms with van der Waals surface area (Å²) in [6.45, 7) is 0. The van der Waals surface area contributed by atoms with E-state index in [1.165, 1.54) is 17.4 Å². The van der Waals surface area contributed by atoms with Gasteiger partial charge in [-0.05, 0) is 11.6 Å². The number of nitrogens with zero attached hydrogens (tertiary/aromatic N) is 2. The molecule has 0 saturated carbocycles. The van der Waals surface area contributed by atoms with E-state index >= 15 is 0 Å². The van der Waals surface area contributed by atoms with E-state index < -0.39 is 0 Å². The molecule has 0 saturated heterocycles. The average Bonchev–Trinajstić information content (AvgIpc) is 2.74. The van der Waals surface area contributed by atoms with Gasteiger partial charge in [0.25, 0.3) is 0 Å². The van der Waals surface area contributed by atoms with Crippen LogP contribution in [0.3, 0.4) is 0 Å². The first kappa shape index (κ1) is 10.3. The van der Waals surface area contributed by atoms with Gasteiger partial charge in [0.2, 0.25) is 6.08 Å². The molecule has 0 atom stereocenters. The first-order valence-electron chi connectivity index (χ1n) is 4.52. The molecular weight excluding hydrogens is 220 g/mol. The highest BCUT2D eigenvalue weighted by Crippen LogP contribution is 2.36. The molecule has 76 valence electrons. The van der Waals surface area contributed by atoms with Gasteiger partial charge in [-0.2, -0.15) is 10.3 Å². The zero-order valence-corrected chi connectivity index (χ0v) is 8.99. The van der Waals surface area contributed by atoms with E-state index in [1.54, 1.807) is 6.07 Å². The van der Waals surface area contributed by atoms with Gasteiger partial charge < -0.3 is 0 Å². The summed E-state index contributed by atoms with van der Waals surface area (Å²) in [4.78, 5) is 14.6. The van der Waals surface area contributed by atoms with Gasteiger partial charge >= 0.3 is 0 Å². The minimum atomic E-state index is 0.409. The largest absolute Gasteiger partial charge is 0.241 e. The molecule has 0 bridgehead atoms. The Hall–Kier alpha value is -2.21. The Kier molecular flexibility index (Phi) is 2.93. The highest BCUT2D eigenvalue weighted by atomic mass is 32.1. The Morgan fingerprint density at radius 3 is 2.62 bits per heavy atom. The molecule has 1 aromatic carbocycles. The van der Waals surface area contributed by atoms with Gasteiger partial charge in [0.15, 0.2) is 0 Å². The fourth-order valence-electron chi connectivity index (χ4n) is 1.33. The molecular formula is C12H6N2OS. The molecule has 0 fully saturated rings. The summed E-state index contributed by atoms with van der Waals surface area (Å²) in [5, 5.41) is 9.29. The highest BCUT2D eigenvalue weighted by Gasteiger charge is 2.09. The molecule has 1 aromatic heterocycles. The van der Waals surface area contributed by atoms with Crippen molar-refractivity contribution in [2.24, 2.45) is 4.99 Å². The number of isocyanates is 1. The van der Waals surface area contributed by atoms with Crippen molar-refractivity contribution in [3.8, 4) is 16.5 Å². The van der Waals surface area contributed by atoms with Gasteiger partial charge in [-0.1, -0.05) is 30.3 Å². The van der Waals surface area contributed by atoms with Crippen LogP contribution in [-0.2, 0) is 4.79 Å². The van der Waals surface area contributed by atoms with E-state index in [-0.39, 0.29) is 0 Å². The molecule has 0 aliphatic heterocycles. The van der Waals surface area contributed by atoms with Crippen LogP contribution in [0.4, 0.5) is 5.00 Å². The van der Waals surface area contributed by atoms with E-state index in [9.17, 15) is 4.79 Å². The summed E-state index contributed by atoms with van der Waals surface area (Å²) in [6, 6.07) is 13.4. The third-order valence-corrected chi connectivity index (χ3v) is 3.12. The third-order valence-electron chi connectivity index (χ3n) is 2.04. The lowest BCUT2D eigenvalue weighted by Gasteiger charge is -1.93. The maximum absolute atomic E-state index is 10.2. The summed E-state index contributed by atoms with van der Waals surface area (Å²) in [7, 11) is 0. The maximum atomic E-state index is 10.2. The minimum absolute atomic E-state index is 0.409. The van der Waals surface area contributed by atoms with Crippen LogP contribution in [0.25, 0.3) is 10.4 Å². The van der Waals surface area contributed by atoms with E-state index in [0.717, 1.165) is 10.4 Å². The van der Waals surface area contributed by atoms with Crippen LogP contribution in [-0.4, -0.2) is 6.08 Å². The zero-order chi connectivity index (χ0) is 11.4. The van der Waals surface area contributed by atoms with Crippen molar-refractivity contribution in [1.82, 2.24) is 0 Å². The smallest absolute Gasteiger partial charge is 0.211 e. The predicted octanol–water partition coefficient (Wildman–Crippen LogP) is 3.25. The lowest BCUT2D eigenvalue weighted by Crippen LogP contribution is -1.69. The molecule has 0 aliphatic rings. The monoisotopic (exact) mass is 226 g/mol. The Morgan fingerprint density at radius 1 is 1.25 bits per heavy atom. The molecule has 0 spiro atoms. The van der Waals surface area contributed by atoms with Gasteiger partial charge in [0, 0.05) is 4.88 Å². The van der Waals surface area contributed by atoms with E-state index in [4.69, 9.17) is 5.26 Å². The average molecular weight is 226 g/mol. The molecule has 3 nitrogen and oxygen atoms in total. The summed E-state index contributed by atoms with van der Waals surface area (Å²) < 4.78 is 0. The van der Waals surface area contributed by atoms with Crippen LogP contribution >= 0.6 is 11.3 Å². The van der Waals surface area contributed by atoms with E-state index in [2.05, 4.69) is 4.99 Å². The summed E-state index contributed by atoms with van der Waals surface area (Å²) in [5.74, 6) is 0. The van der Waals surface area contributed by atoms with E-state index in [1.807, 2.05) is 36.4 Å². The van der Waals surface area contributed by atoms with Crippen LogP contribution < -0.4 is 0 Å². The zero-order valence-electron chi connectivity index (χ0n) is 8.18. The van der Waals surface area contributed by atoms with Crippen molar-refractivity contribution in [1.29, 1.82) is 5.26 Å².